The van der Waals surface area contributed by atoms with E-state index in [0.29, 0.717) is 6.20 Å². The van der Waals surface area contributed by atoms with Crippen LogP contribution in [0.2, 0.25) is 0 Å². The molecule has 0 atom stereocenters. The fourth-order valence-corrected chi connectivity index (χ4v) is 0.972. The molecule has 0 radical (unpaired) electrons. The molecule has 0 aromatic carbocycles. The van der Waals surface area contributed by atoms with Gasteiger partial charge in [-0.3, -0.25) is 4.68 Å². The highest BCUT2D eigenvalue weighted by molar-refractivity contribution is 6.58. The van der Waals surface area contributed by atoms with Crippen LogP contribution in [0.15, 0.2) is 6.20 Å². The summed E-state index contributed by atoms with van der Waals surface area (Å²) in [7, 11) is -0.978. The second-order valence-corrected chi connectivity index (χ2v) is 2.44. The Morgan fingerprint density at radius 2 is 2.00 bits per heavy atom. The van der Waals surface area contributed by atoms with E-state index < -0.39 is 24.5 Å². The van der Waals surface area contributed by atoms with Crippen LogP contribution in [-0.4, -0.2) is 26.9 Å². The molecular weight excluding hydrogens is 188 g/mol. The van der Waals surface area contributed by atoms with Gasteiger partial charge >= 0.3 is 13.3 Å². The average Bonchev–Trinajstić information content (AvgIpc) is 2.28. The van der Waals surface area contributed by atoms with Crippen molar-refractivity contribution in [3.05, 3.63) is 11.8 Å². The quantitative estimate of drug-likeness (QED) is 0.570. The number of halogens is 3. The van der Waals surface area contributed by atoms with E-state index in [4.69, 9.17) is 10.0 Å². The van der Waals surface area contributed by atoms with E-state index in [9.17, 15) is 13.2 Å². The first-order chi connectivity index (χ1) is 5.84. The van der Waals surface area contributed by atoms with E-state index in [1.807, 2.05) is 0 Å². The van der Waals surface area contributed by atoms with E-state index in [1.54, 1.807) is 0 Å². The first-order valence-corrected chi connectivity index (χ1v) is 3.29. The van der Waals surface area contributed by atoms with Crippen LogP contribution in [0.4, 0.5) is 13.2 Å². The normalized spacial score (nSPS) is 11.8. The maximum atomic E-state index is 12.1. The molecule has 0 aliphatic heterocycles. The van der Waals surface area contributed by atoms with Gasteiger partial charge in [-0.25, -0.2) is 0 Å². The van der Waals surface area contributed by atoms with Crippen molar-refractivity contribution in [2.45, 2.75) is 6.18 Å². The highest BCUT2D eigenvalue weighted by Gasteiger charge is 2.39. The maximum Gasteiger partial charge on any atom is 0.508 e. The number of aryl methyl sites for hydroxylation is 1. The predicted molar refractivity (Wildman–Crippen MR) is 38.0 cm³/mol. The van der Waals surface area contributed by atoms with Gasteiger partial charge in [-0.2, -0.15) is 18.3 Å². The highest BCUT2D eigenvalue weighted by Crippen LogP contribution is 2.27. The molecular formula is C5H6BF3N2O2. The van der Waals surface area contributed by atoms with Gasteiger partial charge in [-0.05, 0) is 0 Å². The van der Waals surface area contributed by atoms with Crippen molar-refractivity contribution < 1.29 is 23.2 Å². The van der Waals surface area contributed by atoms with Crippen LogP contribution >= 0.6 is 0 Å². The Morgan fingerprint density at radius 3 is 2.31 bits per heavy atom. The maximum absolute atomic E-state index is 12.1. The molecule has 0 fully saturated rings. The SMILES string of the molecule is Cn1ncc(C(F)(F)F)c1B(O)O. The van der Waals surface area contributed by atoms with Crippen molar-refractivity contribution >= 4 is 12.7 Å². The van der Waals surface area contributed by atoms with Gasteiger partial charge in [0.2, 0.25) is 0 Å². The van der Waals surface area contributed by atoms with Crippen LogP contribution in [0.1, 0.15) is 5.56 Å². The summed E-state index contributed by atoms with van der Waals surface area (Å²) in [4.78, 5) is 0. The third kappa shape index (κ3) is 1.83. The smallest absolute Gasteiger partial charge is 0.422 e. The molecule has 1 heterocycles. The number of rotatable bonds is 1. The molecule has 0 aliphatic carbocycles. The second kappa shape index (κ2) is 3.04. The molecule has 0 saturated carbocycles. The Bertz CT molecular complexity index is 309. The van der Waals surface area contributed by atoms with Crippen LogP contribution in [0.5, 0.6) is 0 Å². The number of nitrogens with zero attached hydrogens (tertiary/aromatic N) is 2. The van der Waals surface area contributed by atoms with Crippen molar-refractivity contribution in [3.8, 4) is 0 Å². The van der Waals surface area contributed by atoms with Crippen molar-refractivity contribution in [2.24, 2.45) is 7.05 Å². The van der Waals surface area contributed by atoms with Gasteiger partial charge in [-0.1, -0.05) is 0 Å². The van der Waals surface area contributed by atoms with Crippen LogP contribution in [-0.2, 0) is 13.2 Å². The molecule has 0 aliphatic rings. The number of hydrogen-bond donors (Lipinski definition) is 2. The molecule has 0 bridgehead atoms. The lowest BCUT2D eigenvalue weighted by molar-refractivity contribution is -0.136. The van der Waals surface area contributed by atoms with Gasteiger partial charge in [0.05, 0.1) is 17.4 Å². The summed E-state index contributed by atoms with van der Waals surface area (Å²) in [5.41, 5.74) is -1.79. The van der Waals surface area contributed by atoms with Crippen LogP contribution in [0.3, 0.4) is 0 Å². The van der Waals surface area contributed by atoms with E-state index in [0.717, 1.165) is 4.68 Å². The third-order valence-corrected chi connectivity index (χ3v) is 1.53. The summed E-state index contributed by atoms with van der Waals surface area (Å²) in [5, 5.41) is 20.5. The Morgan fingerprint density at radius 1 is 1.46 bits per heavy atom. The molecule has 13 heavy (non-hydrogen) atoms. The molecule has 2 N–H and O–H groups in total. The molecule has 0 spiro atoms. The van der Waals surface area contributed by atoms with E-state index in [1.165, 1.54) is 7.05 Å². The van der Waals surface area contributed by atoms with Gasteiger partial charge in [0.1, 0.15) is 0 Å². The van der Waals surface area contributed by atoms with Crippen LogP contribution < -0.4 is 5.59 Å². The predicted octanol–water partition coefficient (Wildman–Crippen LogP) is -0.881. The van der Waals surface area contributed by atoms with Gasteiger partial charge in [0, 0.05) is 7.05 Å². The fourth-order valence-electron chi connectivity index (χ4n) is 0.972. The van der Waals surface area contributed by atoms with Gasteiger partial charge in [-0.15, -0.1) is 0 Å². The minimum absolute atomic E-state index is 0.550. The molecule has 1 rings (SSSR count). The third-order valence-electron chi connectivity index (χ3n) is 1.53. The Balaban J connectivity index is 3.23. The number of alkyl halides is 3. The summed E-state index contributed by atoms with van der Waals surface area (Å²) in [6.07, 6.45) is -4.07. The molecule has 0 amide bonds. The summed E-state index contributed by atoms with van der Waals surface area (Å²) in [6, 6.07) is 0. The lowest BCUT2D eigenvalue weighted by Gasteiger charge is -2.07. The lowest BCUT2D eigenvalue weighted by atomic mass is 9.83. The minimum atomic E-state index is -4.62. The Kier molecular flexibility index (Phi) is 2.35. The molecule has 4 nitrogen and oxygen atoms in total. The van der Waals surface area contributed by atoms with Crippen LogP contribution in [0, 0.1) is 0 Å². The first-order valence-electron chi connectivity index (χ1n) is 3.29. The second-order valence-electron chi connectivity index (χ2n) is 2.44. The van der Waals surface area contributed by atoms with E-state index >= 15 is 0 Å². The summed E-state index contributed by atoms with van der Waals surface area (Å²) >= 11 is 0. The zero-order valence-electron chi connectivity index (χ0n) is 6.58. The fraction of sp³-hybridized carbons (Fsp3) is 0.400. The first kappa shape index (κ1) is 10.1. The molecule has 1 aromatic heterocycles. The van der Waals surface area contributed by atoms with Crippen molar-refractivity contribution in [2.75, 3.05) is 0 Å². The van der Waals surface area contributed by atoms with Gasteiger partial charge in [0.25, 0.3) is 0 Å². The minimum Gasteiger partial charge on any atom is -0.422 e. The zero-order valence-corrected chi connectivity index (χ0v) is 6.58. The van der Waals surface area contributed by atoms with Crippen molar-refractivity contribution in [1.29, 1.82) is 0 Å². The average molecular weight is 194 g/mol. The van der Waals surface area contributed by atoms with Gasteiger partial charge in [0.15, 0.2) is 0 Å². The highest BCUT2D eigenvalue weighted by atomic mass is 19.4. The van der Waals surface area contributed by atoms with E-state index in [2.05, 4.69) is 5.10 Å². The molecule has 0 saturated heterocycles. The number of aromatic nitrogens is 2. The summed E-state index contributed by atoms with van der Waals surface area (Å²) in [6.45, 7) is 0. The van der Waals surface area contributed by atoms with Crippen LogP contribution in [0.25, 0.3) is 0 Å². The zero-order chi connectivity index (χ0) is 10.2. The lowest BCUT2D eigenvalue weighted by Crippen LogP contribution is -2.40. The van der Waals surface area contributed by atoms with Crippen molar-refractivity contribution in [3.63, 3.8) is 0 Å². The van der Waals surface area contributed by atoms with Gasteiger partial charge < -0.3 is 10.0 Å². The monoisotopic (exact) mass is 194 g/mol. The molecule has 1 aromatic rings. The summed E-state index contributed by atoms with van der Waals surface area (Å²) in [5.74, 6) is 0. The van der Waals surface area contributed by atoms with Crippen molar-refractivity contribution in [1.82, 2.24) is 9.78 Å². The largest absolute Gasteiger partial charge is 0.508 e. The standard InChI is InChI=1S/C5H6BF3N2O2/c1-11-4(6(12)13)3(2-10-11)5(7,8)9/h2,12-13H,1H3. The summed E-state index contributed by atoms with van der Waals surface area (Å²) < 4.78 is 37.2. The topological polar surface area (TPSA) is 58.3 Å². The molecule has 72 valence electrons. The Hall–Kier alpha value is -1.02. The number of hydrogen-bond acceptors (Lipinski definition) is 3. The molecule has 8 heteroatoms. The van der Waals surface area contributed by atoms with E-state index in [-0.39, 0.29) is 0 Å². The Labute approximate surface area is 71.7 Å². The molecule has 0 unspecified atom stereocenters.